The van der Waals surface area contributed by atoms with Gasteiger partial charge in [0, 0.05) is 12.8 Å². The molecule has 0 heterocycles. The zero-order chi connectivity index (χ0) is 66.1. The highest BCUT2D eigenvalue weighted by Gasteiger charge is 2.25. The summed E-state index contributed by atoms with van der Waals surface area (Å²) in [5, 5.41) is 9.77. The van der Waals surface area contributed by atoms with Crippen molar-refractivity contribution in [3.8, 4) is 0 Å². The van der Waals surface area contributed by atoms with Crippen molar-refractivity contribution in [2.45, 2.75) is 347 Å². The number of esters is 2. The van der Waals surface area contributed by atoms with Crippen LogP contribution in [0.3, 0.4) is 0 Å². The third-order valence-corrected chi connectivity index (χ3v) is 16.5. The molecule has 0 aliphatic carbocycles. The van der Waals surface area contributed by atoms with E-state index in [1.807, 2.05) is 21.1 Å². The van der Waals surface area contributed by atoms with Crippen molar-refractivity contribution in [1.82, 2.24) is 0 Å². The van der Waals surface area contributed by atoms with Crippen LogP contribution < -0.4 is 0 Å². The molecule has 0 aromatic heterocycles. The molecule has 0 aliphatic rings. The zero-order valence-electron chi connectivity index (χ0n) is 60.0. The summed E-state index contributed by atoms with van der Waals surface area (Å²) < 4.78 is 23.0. The van der Waals surface area contributed by atoms with Gasteiger partial charge in [-0.3, -0.25) is 9.59 Å². The molecule has 0 radical (unpaired) electrons. The van der Waals surface area contributed by atoms with Crippen LogP contribution in [0.15, 0.2) is 109 Å². The maximum Gasteiger partial charge on any atom is 0.361 e. The zero-order valence-corrected chi connectivity index (χ0v) is 60.0. The number of rotatable bonds is 70. The molecule has 0 aromatic carbocycles. The Morgan fingerprint density at radius 2 is 0.626 bits per heavy atom. The first-order valence-electron chi connectivity index (χ1n) is 38.1. The topological polar surface area (TPSA) is 108 Å². The van der Waals surface area contributed by atoms with Crippen molar-refractivity contribution < 1.29 is 42.9 Å². The Labute approximate surface area is 562 Å². The van der Waals surface area contributed by atoms with Gasteiger partial charge in [0.05, 0.1) is 34.4 Å². The largest absolute Gasteiger partial charge is 0.477 e. The third kappa shape index (κ3) is 73.2. The smallest absolute Gasteiger partial charge is 0.361 e. The van der Waals surface area contributed by atoms with Crippen LogP contribution in [-0.4, -0.2) is 87.4 Å². The number of carboxylic acids is 1. The summed E-state index contributed by atoms with van der Waals surface area (Å²) in [6.45, 7) is 4.78. The van der Waals surface area contributed by atoms with Crippen LogP contribution >= 0.6 is 0 Å². The molecular formula is C82H144NO8+. The van der Waals surface area contributed by atoms with E-state index in [1.165, 1.54) is 205 Å². The van der Waals surface area contributed by atoms with E-state index in [0.717, 1.165) is 96.3 Å². The van der Waals surface area contributed by atoms with Crippen LogP contribution in [0.25, 0.3) is 0 Å². The molecule has 0 saturated heterocycles. The Hall–Kier alpha value is -4.05. The number of likely N-dealkylation sites (N-methyl/N-ethyl adjacent to an activating group) is 1. The molecule has 91 heavy (non-hydrogen) atoms. The number of allylic oxidation sites excluding steroid dienone is 18. The summed E-state index contributed by atoms with van der Waals surface area (Å²) >= 11 is 0. The highest BCUT2D eigenvalue weighted by atomic mass is 16.7. The summed E-state index contributed by atoms with van der Waals surface area (Å²) in [7, 11) is 5.98. The molecule has 0 aliphatic heterocycles. The first-order valence-corrected chi connectivity index (χ1v) is 38.1. The number of aliphatic carboxylic acids is 1. The number of ether oxygens (including phenoxy) is 4. The molecule has 0 rings (SSSR count). The summed E-state index contributed by atoms with van der Waals surface area (Å²) in [6.07, 6.45) is 97.9. The molecular weight excluding hydrogens is 1130 g/mol. The highest BCUT2D eigenvalue weighted by molar-refractivity contribution is 5.71. The van der Waals surface area contributed by atoms with Crippen molar-refractivity contribution in [3.63, 3.8) is 0 Å². The number of carbonyl (C=O) groups is 3. The van der Waals surface area contributed by atoms with Crippen LogP contribution in [-0.2, 0) is 33.3 Å². The quantitative estimate of drug-likeness (QED) is 0.0211. The van der Waals surface area contributed by atoms with E-state index in [2.05, 4.69) is 123 Å². The van der Waals surface area contributed by atoms with E-state index in [4.69, 9.17) is 18.9 Å². The lowest BCUT2D eigenvalue weighted by atomic mass is 10.0. The predicted molar refractivity (Wildman–Crippen MR) is 392 cm³/mol. The van der Waals surface area contributed by atoms with Gasteiger partial charge < -0.3 is 28.5 Å². The number of carbonyl (C=O) groups excluding carboxylic acids is 2. The van der Waals surface area contributed by atoms with E-state index < -0.39 is 24.3 Å². The Balaban J connectivity index is 4.07. The van der Waals surface area contributed by atoms with E-state index in [0.29, 0.717) is 23.9 Å². The number of hydrogen-bond acceptors (Lipinski definition) is 7. The fourth-order valence-electron chi connectivity index (χ4n) is 10.7. The molecule has 0 amide bonds. The predicted octanol–water partition coefficient (Wildman–Crippen LogP) is 24.1. The van der Waals surface area contributed by atoms with Crippen molar-refractivity contribution in [2.75, 3.05) is 47.5 Å². The second-order valence-electron chi connectivity index (χ2n) is 26.6. The van der Waals surface area contributed by atoms with Crippen LogP contribution in [0.4, 0.5) is 0 Å². The number of quaternary nitrogens is 1. The normalized spacial score (nSPS) is 13.3. The molecule has 0 fully saturated rings. The van der Waals surface area contributed by atoms with Gasteiger partial charge in [-0.25, -0.2) is 4.79 Å². The summed E-state index contributed by atoms with van der Waals surface area (Å²) in [6, 6.07) is 0. The van der Waals surface area contributed by atoms with Gasteiger partial charge in [0.2, 0.25) is 0 Å². The van der Waals surface area contributed by atoms with Gasteiger partial charge in [-0.05, 0) is 103 Å². The van der Waals surface area contributed by atoms with Crippen molar-refractivity contribution in [2.24, 2.45) is 0 Å². The first kappa shape index (κ1) is 87.0. The molecule has 2 atom stereocenters. The lowest BCUT2D eigenvalue weighted by molar-refractivity contribution is -0.870. The number of hydrogen-bond donors (Lipinski definition) is 1. The average Bonchev–Trinajstić information content (AvgIpc) is 3.46. The van der Waals surface area contributed by atoms with Gasteiger partial charge >= 0.3 is 17.9 Å². The molecule has 524 valence electrons. The van der Waals surface area contributed by atoms with Crippen LogP contribution in [0, 0.1) is 0 Å². The Morgan fingerprint density at radius 3 is 0.934 bits per heavy atom. The molecule has 9 nitrogen and oxygen atoms in total. The molecule has 0 saturated carbocycles. The van der Waals surface area contributed by atoms with Crippen LogP contribution in [0.2, 0.25) is 0 Å². The van der Waals surface area contributed by atoms with Crippen LogP contribution in [0.1, 0.15) is 335 Å². The van der Waals surface area contributed by atoms with Gasteiger partial charge in [0.1, 0.15) is 13.2 Å². The van der Waals surface area contributed by atoms with Crippen molar-refractivity contribution >= 4 is 17.9 Å². The lowest BCUT2D eigenvalue weighted by Gasteiger charge is -2.25. The minimum absolute atomic E-state index is 0.184. The number of nitrogens with zero attached hydrogens (tertiary/aromatic N) is 1. The molecule has 0 aromatic rings. The monoisotopic (exact) mass is 1270 g/mol. The maximum absolute atomic E-state index is 13.0. The first-order chi connectivity index (χ1) is 44.6. The second kappa shape index (κ2) is 71.8. The fraction of sp³-hybridized carbons (Fsp3) is 0.744. The molecule has 0 spiro atoms. The Kier molecular flexibility index (Phi) is 68.6. The maximum atomic E-state index is 13.0. The lowest BCUT2D eigenvalue weighted by Crippen LogP contribution is -2.40. The van der Waals surface area contributed by atoms with Gasteiger partial charge in [-0.1, -0.05) is 329 Å². The standard InChI is InChI=1S/C82H143NO8/c1-6-8-10-12-14-16-18-20-22-24-26-28-30-32-34-36-38-40-42-44-46-48-50-52-54-56-58-60-62-64-66-68-70-72-79(84)89-76-78(77-90-82(81(86)87)88-75-74-83(3,4)5)91-80(85)73-71-69-67-65-63-61-59-57-55-53-51-49-47-45-43-41-39-37-35-33-31-29-27-25-23-21-19-17-15-13-11-9-7-2/h9,11,15,17-18,20-21,23-24,26-27,29,33,35,39,41,45,47,78,82H,6-8,10,12-14,16,19,22,25,28,30-32,34,36-38,40,42-44,46,48-77H2,1-5H3/p+1/b11-9-,17-15-,20-18-,23-21-,26-24-,29-27-,35-33-,41-39-,47-45-. The van der Waals surface area contributed by atoms with E-state index in [-0.39, 0.29) is 32.2 Å². The van der Waals surface area contributed by atoms with E-state index >= 15 is 0 Å². The van der Waals surface area contributed by atoms with Crippen molar-refractivity contribution in [1.29, 1.82) is 0 Å². The molecule has 0 bridgehead atoms. The highest BCUT2D eigenvalue weighted by Crippen LogP contribution is 2.18. The second-order valence-corrected chi connectivity index (χ2v) is 26.6. The summed E-state index contributed by atoms with van der Waals surface area (Å²) in [4.78, 5) is 37.7. The minimum Gasteiger partial charge on any atom is -0.477 e. The average molecular weight is 1270 g/mol. The Bertz CT molecular complexity index is 1870. The van der Waals surface area contributed by atoms with Gasteiger partial charge in [0.15, 0.2) is 6.10 Å². The number of carboxylic acid groups (broad SMARTS) is 1. The van der Waals surface area contributed by atoms with Gasteiger partial charge in [-0.15, -0.1) is 0 Å². The van der Waals surface area contributed by atoms with Gasteiger partial charge in [0.25, 0.3) is 6.29 Å². The minimum atomic E-state index is -1.52. The Morgan fingerprint density at radius 1 is 0.341 bits per heavy atom. The van der Waals surface area contributed by atoms with Crippen molar-refractivity contribution in [3.05, 3.63) is 109 Å². The summed E-state index contributed by atoms with van der Waals surface area (Å²) in [5.41, 5.74) is 0. The third-order valence-electron chi connectivity index (χ3n) is 16.5. The van der Waals surface area contributed by atoms with Crippen LogP contribution in [0.5, 0.6) is 0 Å². The fourth-order valence-corrected chi connectivity index (χ4v) is 10.7. The summed E-state index contributed by atoms with van der Waals surface area (Å²) in [5.74, 6) is -2.00. The molecule has 9 heteroatoms. The van der Waals surface area contributed by atoms with Gasteiger partial charge in [-0.2, -0.15) is 0 Å². The SMILES string of the molecule is CC/C=C\C/C=C\C/C=C\C/C=C\C/C=C\C/C=C\C/C=C\CCCCCCCCCCCCCC(=O)OC(COC(=O)CCCCCCCCCCCCCCCCCCCCCCC/C=C\C/C=C\CCCCCCC)COC(OCC[N+](C)(C)C)C(=O)O. The van der Waals surface area contributed by atoms with E-state index in [1.54, 1.807) is 0 Å². The molecule has 2 unspecified atom stereocenters. The number of unbranched alkanes of at least 4 members (excludes halogenated alkanes) is 37. The molecule has 1 N–H and O–H groups in total. The van der Waals surface area contributed by atoms with E-state index in [9.17, 15) is 19.5 Å².